The summed E-state index contributed by atoms with van der Waals surface area (Å²) in [6.07, 6.45) is 3.31. The van der Waals surface area contributed by atoms with E-state index in [1.54, 1.807) is 40.5 Å². The summed E-state index contributed by atoms with van der Waals surface area (Å²) in [4.78, 5) is 51.2. The van der Waals surface area contributed by atoms with Gasteiger partial charge in [0.25, 0.3) is 0 Å². The number of phenolic OH excluding ortho intramolecular Hbond substituents is 1. The number of nitrogens with one attached hydrogen (secondary N) is 2. The maximum absolute atomic E-state index is 14.0. The Hall–Kier alpha value is -5.71. The Labute approximate surface area is 411 Å². The van der Waals surface area contributed by atoms with Crippen LogP contribution in [0.25, 0.3) is 31.0 Å². The van der Waals surface area contributed by atoms with Crippen molar-refractivity contribution in [1.82, 2.24) is 25.4 Å². The highest BCUT2D eigenvalue weighted by atomic mass is 32.1. The molecule has 4 aromatic carbocycles. The Balaban J connectivity index is 0.730. The molecule has 0 bridgehead atoms. The number of hydrogen-bond acceptors (Lipinski definition) is 11. The van der Waals surface area contributed by atoms with Gasteiger partial charge in [0.05, 0.1) is 46.8 Å². The number of carbonyl (C=O) groups is 3. The number of ether oxygens (including phenoxy) is 3. The van der Waals surface area contributed by atoms with Crippen LogP contribution in [0.3, 0.4) is 0 Å². The van der Waals surface area contributed by atoms with Crippen molar-refractivity contribution in [2.24, 2.45) is 5.41 Å². The molecule has 8 rings (SSSR count). The highest BCUT2D eigenvalue weighted by molar-refractivity contribution is 7.22. The van der Waals surface area contributed by atoms with Gasteiger partial charge in [0.1, 0.15) is 36.0 Å². The monoisotopic (exact) mass is 975 g/mol. The van der Waals surface area contributed by atoms with Crippen LogP contribution in [0.5, 0.6) is 17.2 Å². The topological polar surface area (TPSA) is 143 Å². The average molecular weight is 976 g/mol. The van der Waals surface area contributed by atoms with Crippen LogP contribution in [0.2, 0.25) is 0 Å². The normalized spacial score (nSPS) is 16.7. The van der Waals surface area contributed by atoms with Crippen molar-refractivity contribution in [3.05, 3.63) is 119 Å². The second kappa shape index (κ2) is 22.4. The van der Waals surface area contributed by atoms with Crippen molar-refractivity contribution in [3.8, 4) is 38.1 Å². The highest BCUT2D eigenvalue weighted by Gasteiger charge is 2.42. The summed E-state index contributed by atoms with van der Waals surface area (Å²) in [5.41, 5.74) is 6.39. The van der Waals surface area contributed by atoms with Gasteiger partial charge in [0, 0.05) is 23.2 Å². The Kier molecular flexibility index (Phi) is 16.1. The van der Waals surface area contributed by atoms with Crippen molar-refractivity contribution in [2.75, 3.05) is 52.6 Å². The van der Waals surface area contributed by atoms with E-state index in [-0.39, 0.29) is 42.6 Å². The summed E-state index contributed by atoms with van der Waals surface area (Å²) in [7, 11) is 0. The van der Waals surface area contributed by atoms with E-state index in [9.17, 15) is 23.9 Å². The highest BCUT2D eigenvalue weighted by Crippen LogP contribution is 2.47. The molecule has 0 radical (unpaired) electrons. The van der Waals surface area contributed by atoms with Crippen LogP contribution >= 0.6 is 22.7 Å². The Morgan fingerprint density at radius 1 is 0.855 bits per heavy atom. The molecule has 69 heavy (non-hydrogen) atoms. The third kappa shape index (κ3) is 12.4. The molecule has 364 valence electrons. The van der Waals surface area contributed by atoms with E-state index >= 15 is 0 Å². The first-order valence-electron chi connectivity index (χ1n) is 23.8. The standard InChI is InChI=1S/C54H62FN5O7S2/c1-34(36-8-10-39(11-9-36)49-35(2)56-33-68-49)57-52(63)45-7-6-24-60(45)53(64)51(54(3,4)5)58-47(62)32-66-30-29-65-28-27-59-25-22-38(23-26-59)37-14-19-43(20-15-37)67-48-44-21-18-42(61)31-46(44)69-50(48)40-12-16-41(55)17-13-40/h8-21,31,33-34,38,45,51,61H,6-7,22-30,32H2,1-5H3,(H,57,63)(H,58,62)/t34-,45-,51?/m0/s1. The van der Waals surface area contributed by atoms with Gasteiger partial charge in [-0.2, -0.15) is 0 Å². The maximum Gasteiger partial charge on any atom is 0.246 e. The molecular weight excluding hydrogens is 914 g/mol. The van der Waals surface area contributed by atoms with E-state index in [1.165, 1.54) is 29.0 Å². The van der Waals surface area contributed by atoms with Crippen molar-refractivity contribution >= 4 is 50.5 Å². The number of rotatable bonds is 18. The zero-order valence-electron chi connectivity index (χ0n) is 40.0. The number of thiazole rings is 1. The number of likely N-dealkylation sites (tertiary alicyclic amines) is 2. The van der Waals surface area contributed by atoms with Crippen LogP contribution in [0, 0.1) is 18.2 Å². The summed E-state index contributed by atoms with van der Waals surface area (Å²) in [6, 6.07) is 26.3. The minimum absolute atomic E-state index is 0.180. The fourth-order valence-corrected chi connectivity index (χ4v) is 11.1. The predicted molar refractivity (Wildman–Crippen MR) is 270 cm³/mol. The number of piperidine rings is 1. The number of nitrogens with zero attached hydrogens (tertiary/aromatic N) is 3. The summed E-state index contributed by atoms with van der Waals surface area (Å²) >= 11 is 3.10. The van der Waals surface area contributed by atoms with Gasteiger partial charge in [-0.1, -0.05) is 69.3 Å². The van der Waals surface area contributed by atoms with Crippen molar-refractivity contribution in [2.45, 2.75) is 84.3 Å². The first-order valence-corrected chi connectivity index (χ1v) is 25.5. The number of carbonyl (C=O) groups excluding carboxylic acids is 3. The van der Waals surface area contributed by atoms with Gasteiger partial charge in [0.2, 0.25) is 17.7 Å². The molecule has 2 fully saturated rings. The van der Waals surface area contributed by atoms with E-state index in [0.717, 1.165) is 74.7 Å². The molecule has 0 spiro atoms. The minimum atomic E-state index is -0.838. The number of thiophene rings is 1. The quantitative estimate of drug-likeness (QED) is 0.0718. The van der Waals surface area contributed by atoms with Crippen molar-refractivity contribution in [3.63, 3.8) is 0 Å². The van der Waals surface area contributed by atoms with E-state index in [1.807, 2.05) is 82.6 Å². The Morgan fingerprint density at radius 2 is 1.55 bits per heavy atom. The fourth-order valence-electron chi connectivity index (χ4n) is 9.16. The Morgan fingerprint density at radius 3 is 2.25 bits per heavy atom. The summed E-state index contributed by atoms with van der Waals surface area (Å²) < 4.78 is 32.7. The van der Waals surface area contributed by atoms with E-state index < -0.39 is 23.4 Å². The van der Waals surface area contributed by atoms with Gasteiger partial charge in [-0.05, 0) is 129 Å². The van der Waals surface area contributed by atoms with Crippen LogP contribution in [0.1, 0.15) is 82.2 Å². The molecule has 4 heterocycles. The lowest BCUT2D eigenvalue weighted by molar-refractivity contribution is -0.144. The molecule has 2 saturated heterocycles. The molecule has 2 aliphatic rings. The van der Waals surface area contributed by atoms with Gasteiger partial charge in [-0.15, -0.1) is 22.7 Å². The molecule has 3 atom stereocenters. The number of aryl methyl sites for hydroxylation is 1. The third-order valence-electron chi connectivity index (χ3n) is 13.1. The number of aromatic nitrogens is 1. The average Bonchev–Trinajstić information content (AvgIpc) is 4.10. The van der Waals surface area contributed by atoms with E-state index in [0.29, 0.717) is 50.0 Å². The number of halogens is 1. The first kappa shape index (κ1) is 49.7. The molecule has 2 aliphatic heterocycles. The third-order valence-corrected chi connectivity index (χ3v) is 15.2. The van der Waals surface area contributed by atoms with Crippen LogP contribution < -0.4 is 15.4 Å². The fraction of sp³-hybridized carbons (Fsp3) is 0.407. The summed E-state index contributed by atoms with van der Waals surface area (Å²) in [6.45, 7) is 13.7. The molecule has 6 aromatic rings. The SMILES string of the molecule is Cc1ncsc1-c1ccc([C@H](C)NC(=O)[C@@H]2CCCN2C(=O)C(NC(=O)COCCOCCN2CCC(c3ccc(Oc4c(-c5ccc(F)cc5)sc5cc(O)ccc45)cc3)CC2)C(C)(C)C)cc1. The molecule has 1 unspecified atom stereocenters. The molecule has 0 saturated carbocycles. The number of aromatic hydroxyl groups is 1. The number of benzene rings is 4. The van der Waals surface area contributed by atoms with Crippen LogP contribution in [-0.2, 0) is 23.9 Å². The predicted octanol–water partition coefficient (Wildman–Crippen LogP) is 10.2. The lowest BCUT2D eigenvalue weighted by Crippen LogP contribution is -2.58. The van der Waals surface area contributed by atoms with Crippen molar-refractivity contribution < 1.29 is 38.1 Å². The molecule has 15 heteroatoms. The summed E-state index contributed by atoms with van der Waals surface area (Å²) in [5.74, 6) is 0.831. The minimum Gasteiger partial charge on any atom is -0.508 e. The summed E-state index contributed by atoms with van der Waals surface area (Å²) in [5, 5.41) is 17.0. The van der Waals surface area contributed by atoms with Gasteiger partial charge in [0.15, 0.2) is 5.75 Å². The Bertz CT molecular complexity index is 2690. The largest absolute Gasteiger partial charge is 0.508 e. The van der Waals surface area contributed by atoms with Crippen LogP contribution in [0.15, 0.2) is 96.5 Å². The van der Waals surface area contributed by atoms with E-state index in [4.69, 9.17) is 14.2 Å². The van der Waals surface area contributed by atoms with Gasteiger partial charge >= 0.3 is 0 Å². The molecule has 2 aromatic heterocycles. The van der Waals surface area contributed by atoms with Crippen LogP contribution in [-0.4, -0.2) is 102 Å². The molecule has 3 amide bonds. The second-order valence-electron chi connectivity index (χ2n) is 19.1. The van der Waals surface area contributed by atoms with Gasteiger partial charge in [-0.3, -0.25) is 14.4 Å². The molecular formula is C54H62FN5O7S2. The lowest BCUT2D eigenvalue weighted by Gasteiger charge is -2.35. The maximum atomic E-state index is 14.0. The number of phenols is 1. The second-order valence-corrected chi connectivity index (χ2v) is 21.0. The number of hydrogen-bond donors (Lipinski definition) is 3. The molecule has 12 nitrogen and oxygen atoms in total. The number of fused-ring (bicyclic) bond motifs is 1. The van der Waals surface area contributed by atoms with Gasteiger partial charge < -0.3 is 39.8 Å². The number of amides is 3. The van der Waals surface area contributed by atoms with Gasteiger partial charge in [-0.25, -0.2) is 9.37 Å². The lowest BCUT2D eigenvalue weighted by atomic mass is 9.85. The zero-order valence-corrected chi connectivity index (χ0v) is 41.6. The molecule has 0 aliphatic carbocycles. The van der Waals surface area contributed by atoms with E-state index in [2.05, 4.69) is 32.7 Å². The zero-order chi connectivity index (χ0) is 48.7. The van der Waals surface area contributed by atoms with Crippen LogP contribution in [0.4, 0.5) is 4.39 Å². The molecule has 3 N–H and O–H groups in total. The first-order chi connectivity index (χ1) is 33.2. The van der Waals surface area contributed by atoms with Crippen molar-refractivity contribution in [1.29, 1.82) is 0 Å². The smallest absolute Gasteiger partial charge is 0.246 e.